The fourth-order valence-corrected chi connectivity index (χ4v) is 2.58. The molecule has 2 aromatic rings. The number of carbonyl (C=O) groups excluding carboxylic acids is 1. The van der Waals surface area contributed by atoms with Gasteiger partial charge in [0, 0.05) is 17.7 Å². The number of nitrogens with zero attached hydrogens (tertiary/aromatic N) is 2. The molecule has 3 rings (SSSR count). The van der Waals surface area contributed by atoms with Gasteiger partial charge in [0.1, 0.15) is 5.76 Å². The van der Waals surface area contributed by atoms with Crippen molar-refractivity contribution in [2.45, 2.75) is 26.0 Å². The lowest BCUT2D eigenvalue weighted by atomic mass is 9.97. The average molecular weight is 284 g/mol. The zero-order valence-electron chi connectivity index (χ0n) is 11.9. The lowest BCUT2D eigenvalue weighted by Crippen LogP contribution is -2.43. The minimum Gasteiger partial charge on any atom is -0.469 e. The van der Waals surface area contributed by atoms with E-state index in [1.54, 1.807) is 32.0 Å². The first-order valence-corrected chi connectivity index (χ1v) is 6.73. The molecule has 108 valence electrons. The number of furan rings is 1. The van der Waals surface area contributed by atoms with E-state index < -0.39 is 5.72 Å². The van der Waals surface area contributed by atoms with Gasteiger partial charge in [-0.3, -0.25) is 4.79 Å². The van der Waals surface area contributed by atoms with Gasteiger partial charge in [-0.2, -0.15) is 10.1 Å². The van der Waals surface area contributed by atoms with E-state index in [4.69, 9.17) is 4.42 Å². The Kier molecular flexibility index (Phi) is 3.14. The first-order valence-electron chi connectivity index (χ1n) is 6.73. The van der Waals surface area contributed by atoms with E-state index in [0.717, 1.165) is 5.01 Å². The van der Waals surface area contributed by atoms with E-state index >= 15 is 0 Å². The lowest BCUT2D eigenvalue weighted by molar-refractivity contribution is -0.0765. The second-order valence-corrected chi connectivity index (χ2v) is 5.20. The molecule has 0 saturated carbocycles. The van der Waals surface area contributed by atoms with Gasteiger partial charge in [-0.05, 0) is 19.9 Å². The standard InChI is InChI=1S/C16H16N2O3/c1-11-10-16(20,13-6-4-3-5-7-13)18(17-11)15(19)14-8-9-21-12(14)2/h3-9,20H,10H2,1-2H3/t16-/m0/s1. The van der Waals surface area contributed by atoms with Crippen LogP contribution >= 0.6 is 0 Å². The molecule has 0 fully saturated rings. The third-order valence-corrected chi connectivity index (χ3v) is 3.64. The van der Waals surface area contributed by atoms with Crippen molar-refractivity contribution in [2.75, 3.05) is 0 Å². The van der Waals surface area contributed by atoms with Crippen LogP contribution in [0.15, 0.2) is 52.2 Å². The van der Waals surface area contributed by atoms with Crippen molar-refractivity contribution in [1.82, 2.24) is 5.01 Å². The molecule has 1 aromatic heterocycles. The molecule has 1 aromatic carbocycles. The van der Waals surface area contributed by atoms with Gasteiger partial charge < -0.3 is 9.52 Å². The summed E-state index contributed by atoms with van der Waals surface area (Å²) in [6.45, 7) is 3.50. The molecule has 1 N–H and O–H groups in total. The Morgan fingerprint density at radius 3 is 2.62 bits per heavy atom. The zero-order valence-corrected chi connectivity index (χ0v) is 11.9. The SMILES string of the molecule is CC1=NN(C(=O)c2ccoc2C)[C@@](O)(c2ccccc2)C1. The van der Waals surface area contributed by atoms with Crippen molar-refractivity contribution in [3.05, 3.63) is 59.5 Å². The minimum absolute atomic E-state index is 0.291. The maximum absolute atomic E-state index is 12.7. The summed E-state index contributed by atoms with van der Waals surface area (Å²) in [7, 11) is 0. The number of benzene rings is 1. The highest BCUT2D eigenvalue weighted by molar-refractivity contribution is 5.98. The summed E-state index contributed by atoms with van der Waals surface area (Å²) in [6, 6.07) is 10.7. The van der Waals surface area contributed by atoms with E-state index in [1.165, 1.54) is 6.26 Å². The third kappa shape index (κ3) is 2.15. The maximum Gasteiger partial charge on any atom is 0.280 e. The van der Waals surface area contributed by atoms with Gasteiger partial charge in [-0.15, -0.1) is 0 Å². The number of rotatable bonds is 2. The van der Waals surface area contributed by atoms with Gasteiger partial charge in [-0.25, -0.2) is 0 Å². The number of hydrogen-bond donors (Lipinski definition) is 1. The smallest absolute Gasteiger partial charge is 0.280 e. The van der Waals surface area contributed by atoms with Gasteiger partial charge in [0.25, 0.3) is 5.91 Å². The predicted molar refractivity (Wildman–Crippen MR) is 77.7 cm³/mol. The van der Waals surface area contributed by atoms with Gasteiger partial charge in [0.2, 0.25) is 0 Å². The Morgan fingerprint density at radius 1 is 1.29 bits per heavy atom. The molecule has 0 unspecified atom stereocenters. The third-order valence-electron chi connectivity index (χ3n) is 3.64. The number of hydrazone groups is 1. The summed E-state index contributed by atoms with van der Waals surface area (Å²) in [4.78, 5) is 12.7. The van der Waals surface area contributed by atoms with Crippen molar-refractivity contribution >= 4 is 11.6 Å². The van der Waals surface area contributed by atoms with Crippen LogP contribution in [-0.4, -0.2) is 21.7 Å². The van der Waals surface area contributed by atoms with Gasteiger partial charge in [0.05, 0.1) is 11.8 Å². The second-order valence-electron chi connectivity index (χ2n) is 5.20. The highest BCUT2D eigenvalue weighted by Crippen LogP contribution is 2.36. The summed E-state index contributed by atoms with van der Waals surface area (Å²) >= 11 is 0. The zero-order chi connectivity index (χ0) is 15.0. The molecule has 2 heterocycles. The molecule has 1 aliphatic rings. The van der Waals surface area contributed by atoms with Crippen molar-refractivity contribution < 1.29 is 14.3 Å². The van der Waals surface area contributed by atoms with Crippen LogP contribution in [0.25, 0.3) is 0 Å². The van der Waals surface area contributed by atoms with E-state index in [-0.39, 0.29) is 5.91 Å². The maximum atomic E-state index is 12.7. The molecule has 0 spiro atoms. The van der Waals surface area contributed by atoms with Crippen molar-refractivity contribution in [3.63, 3.8) is 0 Å². The monoisotopic (exact) mass is 284 g/mol. The number of aliphatic hydroxyl groups is 1. The molecule has 5 nitrogen and oxygen atoms in total. The van der Waals surface area contributed by atoms with Gasteiger partial charge >= 0.3 is 0 Å². The molecule has 1 aliphatic heterocycles. The highest BCUT2D eigenvalue weighted by Gasteiger charge is 2.45. The van der Waals surface area contributed by atoms with Crippen molar-refractivity contribution in [2.24, 2.45) is 5.10 Å². The molecule has 0 bridgehead atoms. The summed E-state index contributed by atoms with van der Waals surface area (Å²) in [5.74, 6) is 0.139. The van der Waals surface area contributed by atoms with Crippen LogP contribution < -0.4 is 0 Å². The molecule has 1 atom stereocenters. The van der Waals surface area contributed by atoms with Crippen molar-refractivity contribution in [3.8, 4) is 0 Å². The molecule has 0 saturated heterocycles. The molecular weight excluding hydrogens is 268 g/mol. The fourth-order valence-electron chi connectivity index (χ4n) is 2.58. The van der Waals surface area contributed by atoms with Gasteiger partial charge in [-0.1, -0.05) is 30.3 Å². The lowest BCUT2D eigenvalue weighted by Gasteiger charge is -2.31. The van der Waals surface area contributed by atoms with E-state index in [0.29, 0.717) is 29.0 Å². The molecule has 5 heteroatoms. The Balaban J connectivity index is 2.03. The number of aryl methyl sites for hydroxylation is 1. The summed E-state index contributed by atoms with van der Waals surface area (Å²) in [6.07, 6.45) is 1.75. The van der Waals surface area contributed by atoms with Crippen LogP contribution in [-0.2, 0) is 5.72 Å². The Bertz CT molecular complexity index is 705. The topological polar surface area (TPSA) is 66.0 Å². The summed E-state index contributed by atoms with van der Waals surface area (Å²) in [5.41, 5.74) is 0.297. The molecule has 0 radical (unpaired) electrons. The Hall–Kier alpha value is -2.40. The first-order chi connectivity index (χ1) is 10.0. The first kappa shape index (κ1) is 13.6. The van der Waals surface area contributed by atoms with Crippen LogP contribution in [0, 0.1) is 6.92 Å². The van der Waals surface area contributed by atoms with E-state index in [9.17, 15) is 9.90 Å². The number of amides is 1. The predicted octanol–water partition coefficient (Wildman–Crippen LogP) is 2.66. The Morgan fingerprint density at radius 2 is 2.00 bits per heavy atom. The van der Waals surface area contributed by atoms with E-state index in [2.05, 4.69) is 5.10 Å². The number of hydrogen-bond acceptors (Lipinski definition) is 4. The van der Waals surface area contributed by atoms with Crippen LogP contribution in [0.2, 0.25) is 0 Å². The normalized spacial score (nSPS) is 21.5. The van der Waals surface area contributed by atoms with E-state index in [1.807, 2.05) is 18.2 Å². The van der Waals surface area contributed by atoms with Crippen LogP contribution in [0.1, 0.15) is 35.0 Å². The largest absolute Gasteiger partial charge is 0.469 e. The second kappa shape index (κ2) is 4.86. The fraction of sp³-hybridized carbons (Fsp3) is 0.250. The molecule has 1 amide bonds. The average Bonchev–Trinajstić information content (AvgIpc) is 3.03. The molecule has 0 aliphatic carbocycles. The molecule has 21 heavy (non-hydrogen) atoms. The Labute approximate surface area is 122 Å². The molecular formula is C16H16N2O3. The van der Waals surface area contributed by atoms with Crippen molar-refractivity contribution in [1.29, 1.82) is 0 Å². The minimum atomic E-state index is -1.45. The number of carbonyl (C=O) groups is 1. The van der Waals surface area contributed by atoms with Gasteiger partial charge in [0.15, 0.2) is 5.72 Å². The quantitative estimate of drug-likeness (QED) is 0.922. The summed E-state index contributed by atoms with van der Waals surface area (Å²) < 4.78 is 5.17. The highest BCUT2D eigenvalue weighted by atomic mass is 16.3. The van der Waals surface area contributed by atoms with Crippen LogP contribution in [0.5, 0.6) is 0 Å². The van der Waals surface area contributed by atoms with Crippen LogP contribution in [0.4, 0.5) is 0 Å². The van der Waals surface area contributed by atoms with Crippen LogP contribution in [0.3, 0.4) is 0 Å². The summed E-state index contributed by atoms with van der Waals surface area (Å²) in [5, 5.41) is 16.4.